The summed E-state index contributed by atoms with van der Waals surface area (Å²) >= 11 is 0. The Balaban J connectivity index is 0.00000400. The van der Waals surface area contributed by atoms with Gasteiger partial charge in [0, 0.05) is 25.8 Å². The van der Waals surface area contributed by atoms with E-state index in [9.17, 15) is 0 Å². The van der Waals surface area contributed by atoms with Crippen LogP contribution in [0.15, 0.2) is 24.8 Å². The number of benzene rings is 1. The molecule has 0 saturated heterocycles. The van der Waals surface area contributed by atoms with Gasteiger partial charge in [-0.25, -0.2) is 0 Å². The Morgan fingerprint density at radius 1 is 1.29 bits per heavy atom. The Hall–Kier alpha value is -1.23. The van der Waals surface area contributed by atoms with Crippen LogP contribution in [0.25, 0.3) is 0 Å². The zero-order chi connectivity index (χ0) is 14.8. The third-order valence-electron chi connectivity index (χ3n) is 2.88. The standard InChI is InChI=1S/C16H25NO3.ClH/c1-5-7-14-10-13(12-17-8-9-18-3)11-15(19-4)16(14)20-6-2;/h5,10-11,17H,1,6-9,12H2,2-4H3;1H. The monoisotopic (exact) mass is 315 g/mol. The molecule has 0 spiro atoms. The van der Waals surface area contributed by atoms with E-state index in [1.54, 1.807) is 14.2 Å². The number of methoxy groups -OCH3 is 2. The molecule has 1 rings (SSSR count). The van der Waals surface area contributed by atoms with Crippen molar-refractivity contribution in [1.82, 2.24) is 5.32 Å². The SMILES string of the molecule is C=CCc1cc(CNCCOC)cc(OC)c1OCC.Cl. The van der Waals surface area contributed by atoms with Gasteiger partial charge in [0.1, 0.15) is 0 Å². The summed E-state index contributed by atoms with van der Waals surface area (Å²) in [5, 5.41) is 3.33. The molecule has 0 bridgehead atoms. The van der Waals surface area contributed by atoms with E-state index in [-0.39, 0.29) is 12.4 Å². The molecule has 0 fully saturated rings. The predicted molar refractivity (Wildman–Crippen MR) is 88.9 cm³/mol. The second kappa shape index (κ2) is 11.4. The van der Waals surface area contributed by atoms with Gasteiger partial charge in [0.05, 0.1) is 20.3 Å². The molecule has 0 aromatic heterocycles. The quantitative estimate of drug-likeness (QED) is 0.532. The topological polar surface area (TPSA) is 39.7 Å². The van der Waals surface area contributed by atoms with E-state index in [2.05, 4.69) is 18.0 Å². The predicted octanol–water partition coefficient (Wildman–Crippen LogP) is 2.98. The van der Waals surface area contributed by atoms with Gasteiger partial charge >= 0.3 is 0 Å². The van der Waals surface area contributed by atoms with Crippen LogP contribution in [-0.4, -0.2) is 34.0 Å². The lowest BCUT2D eigenvalue weighted by atomic mass is 10.1. The fourth-order valence-electron chi connectivity index (χ4n) is 2.00. The summed E-state index contributed by atoms with van der Waals surface area (Å²) in [7, 11) is 3.36. The third-order valence-corrected chi connectivity index (χ3v) is 2.88. The molecule has 0 aliphatic carbocycles. The highest BCUT2D eigenvalue weighted by Gasteiger charge is 2.12. The molecule has 120 valence electrons. The summed E-state index contributed by atoms with van der Waals surface area (Å²) in [6, 6.07) is 4.15. The van der Waals surface area contributed by atoms with E-state index in [4.69, 9.17) is 14.2 Å². The van der Waals surface area contributed by atoms with Gasteiger partial charge in [-0.15, -0.1) is 19.0 Å². The summed E-state index contributed by atoms with van der Waals surface area (Å²) in [4.78, 5) is 0. The second-order valence-electron chi connectivity index (χ2n) is 4.38. The van der Waals surface area contributed by atoms with Crippen LogP contribution in [0.3, 0.4) is 0 Å². The first-order chi connectivity index (χ1) is 9.76. The summed E-state index contributed by atoms with van der Waals surface area (Å²) < 4.78 is 16.2. The minimum Gasteiger partial charge on any atom is -0.493 e. The Morgan fingerprint density at radius 2 is 2.05 bits per heavy atom. The molecule has 1 aromatic rings. The highest BCUT2D eigenvalue weighted by Crippen LogP contribution is 2.33. The maximum Gasteiger partial charge on any atom is 0.164 e. The first-order valence-electron chi connectivity index (χ1n) is 6.89. The van der Waals surface area contributed by atoms with Crippen LogP contribution in [0, 0.1) is 0 Å². The summed E-state index contributed by atoms with van der Waals surface area (Å²) in [6.07, 6.45) is 2.64. The highest BCUT2D eigenvalue weighted by molar-refractivity contribution is 5.85. The normalized spacial score (nSPS) is 9.86. The van der Waals surface area contributed by atoms with Crippen molar-refractivity contribution in [3.05, 3.63) is 35.9 Å². The van der Waals surface area contributed by atoms with Crippen molar-refractivity contribution in [2.24, 2.45) is 0 Å². The van der Waals surface area contributed by atoms with Gasteiger partial charge in [-0.3, -0.25) is 0 Å². The van der Waals surface area contributed by atoms with Crippen molar-refractivity contribution in [3.8, 4) is 11.5 Å². The van der Waals surface area contributed by atoms with Crippen molar-refractivity contribution in [2.45, 2.75) is 19.9 Å². The van der Waals surface area contributed by atoms with Crippen LogP contribution in [0.5, 0.6) is 11.5 Å². The molecular weight excluding hydrogens is 290 g/mol. The molecule has 0 aliphatic heterocycles. The fourth-order valence-corrected chi connectivity index (χ4v) is 2.00. The van der Waals surface area contributed by atoms with E-state index < -0.39 is 0 Å². The molecule has 1 N–H and O–H groups in total. The lowest BCUT2D eigenvalue weighted by Crippen LogP contribution is -2.18. The zero-order valence-corrected chi connectivity index (χ0v) is 13.9. The number of hydrogen-bond donors (Lipinski definition) is 1. The molecule has 21 heavy (non-hydrogen) atoms. The van der Waals surface area contributed by atoms with Crippen LogP contribution >= 0.6 is 12.4 Å². The number of halogens is 1. The Bertz CT molecular complexity index is 424. The number of rotatable bonds is 10. The second-order valence-corrected chi connectivity index (χ2v) is 4.38. The number of nitrogens with one attached hydrogen (secondary N) is 1. The van der Waals surface area contributed by atoms with Crippen molar-refractivity contribution in [2.75, 3.05) is 34.0 Å². The van der Waals surface area contributed by atoms with Crippen molar-refractivity contribution in [1.29, 1.82) is 0 Å². The summed E-state index contributed by atoms with van der Waals surface area (Å²) in [5.41, 5.74) is 2.27. The third kappa shape index (κ3) is 6.38. The van der Waals surface area contributed by atoms with Crippen molar-refractivity contribution < 1.29 is 14.2 Å². The summed E-state index contributed by atoms with van der Waals surface area (Å²) in [5.74, 6) is 1.59. The number of allylic oxidation sites excluding steroid dienone is 1. The van der Waals surface area contributed by atoms with Gasteiger partial charge in [0.25, 0.3) is 0 Å². The Kier molecular flexibility index (Phi) is 10.8. The molecule has 0 saturated carbocycles. The molecule has 1 aromatic carbocycles. The molecule has 0 unspecified atom stereocenters. The molecule has 4 nitrogen and oxygen atoms in total. The molecule has 0 heterocycles. The average Bonchev–Trinajstić information content (AvgIpc) is 2.46. The lowest BCUT2D eigenvalue weighted by Gasteiger charge is -2.16. The molecule has 0 atom stereocenters. The average molecular weight is 316 g/mol. The maximum absolute atomic E-state index is 5.70. The molecule has 0 radical (unpaired) electrons. The van der Waals surface area contributed by atoms with Crippen LogP contribution in [0.1, 0.15) is 18.1 Å². The number of hydrogen-bond acceptors (Lipinski definition) is 4. The number of ether oxygens (including phenoxy) is 3. The van der Waals surface area contributed by atoms with Crippen LogP contribution in [-0.2, 0) is 17.7 Å². The Morgan fingerprint density at radius 3 is 2.62 bits per heavy atom. The van der Waals surface area contributed by atoms with Gasteiger partial charge < -0.3 is 19.5 Å². The van der Waals surface area contributed by atoms with Crippen LogP contribution in [0.4, 0.5) is 0 Å². The van der Waals surface area contributed by atoms with E-state index in [0.29, 0.717) is 13.2 Å². The van der Waals surface area contributed by atoms with E-state index in [1.165, 1.54) is 5.56 Å². The minimum atomic E-state index is 0. The molecule has 0 aliphatic rings. The van der Waals surface area contributed by atoms with E-state index in [0.717, 1.165) is 36.6 Å². The van der Waals surface area contributed by atoms with Gasteiger partial charge in [-0.05, 0) is 25.0 Å². The minimum absolute atomic E-state index is 0. The lowest BCUT2D eigenvalue weighted by molar-refractivity contribution is 0.199. The maximum atomic E-state index is 5.70. The largest absolute Gasteiger partial charge is 0.493 e. The Labute approximate surface area is 133 Å². The fraction of sp³-hybridized carbons (Fsp3) is 0.500. The zero-order valence-electron chi connectivity index (χ0n) is 13.1. The van der Waals surface area contributed by atoms with E-state index in [1.807, 2.05) is 19.1 Å². The van der Waals surface area contributed by atoms with Gasteiger partial charge in [0.2, 0.25) is 0 Å². The smallest absolute Gasteiger partial charge is 0.164 e. The highest BCUT2D eigenvalue weighted by atomic mass is 35.5. The molecule has 0 amide bonds. The van der Waals surface area contributed by atoms with Crippen molar-refractivity contribution >= 4 is 12.4 Å². The van der Waals surface area contributed by atoms with E-state index >= 15 is 0 Å². The molecule has 5 heteroatoms. The van der Waals surface area contributed by atoms with Crippen LogP contribution in [0.2, 0.25) is 0 Å². The molecular formula is C16H26ClNO3. The first-order valence-corrected chi connectivity index (χ1v) is 6.89. The summed E-state index contributed by atoms with van der Waals surface area (Å²) in [6.45, 7) is 8.69. The van der Waals surface area contributed by atoms with Gasteiger partial charge in [0.15, 0.2) is 11.5 Å². The van der Waals surface area contributed by atoms with Crippen LogP contribution < -0.4 is 14.8 Å². The van der Waals surface area contributed by atoms with Gasteiger partial charge in [-0.2, -0.15) is 0 Å². The van der Waals surface area contributed by atoms with Gasteiger partial charge in [-0.1, -0.05) is 12.1 Å². The van der Waals surface area contributed by atoms with Crippen molar-refractivity contribution in [3.63, 3.8) is 0 Å². The first kappa shape index (κ1) is 19.8.